The first-order valence-corrected chi connectivity index (χ1v) is 11.7. The van der Waals surface area contributed by atoms with Gasteiger partial charge in [0.25, 0.3) is 5.91 Å². The molecule has 12 heteroatoms. The fourth-order valence-electron chi connectivity index (χ4n) is 3.80. The van der Waals surface area contributed by atoms with E-state index < -0.39 is 6.04 Å². The van der Waals surface area contributed by atoms with Crippen LogP contribution in [0.25, 0.3) is 10.9 Å². The molecule has 0 saturated carbocycles. The van der Waals surface area contributed by atoms with Crippen LogP contribution in [0.1, 0.15) is 12.0 Å². The van der Waals surface area contributed by atoms with E-state index in [0.717, 1.165) is 10.9 Å². The van der Waals surface area contributed by atoms with E-state index in [9.17, 15) is 14.4 Å². The third kappa shape index (κ3) is 5.20. The first kappa shape index (κ1) is 23.7. The zero-order valence-corrected chi connectivity index (χ0v) is 19.9. The first-order valence-electron chi connectivity index (χ1n) is 10.5. The quantitative estimate of drug-likeness (QED) is 0.502. The van der Waals surface area contributed by atoms with Crippen LogP contribution in [0.5, 0.6) is 5.06 Å². The van der Waals surface area contributed by atoms with Gasteiger partial charge in [-0.1, -0.05) is 29.0 Å². The van der Waals surface area contributed by atoms with Gasteiger partial charge < -0.3 is 25.6 Å². The maximum Gasteiger partial charge on any atom is 0.261 e. The maximum atomic E-state index is 13.3. The Kier molecular flexibility index (Phi) is 7.13. The van der Waals surface area contributed by atoms with Gasteiger partial charge in [0.15, 0.2) is 11.7 Å². The van der Waals surface area contributed by atoms with Crippen molar-refractivity contribution in [2.75, 3.05) is 32.5 Å². The van der Waals surface area contributed by atoms with E-state index in [1.807, 2.05) is 18.2 Å². The van der Waals surface area contributed by atoms with Crippen molar-refractivity contribution in [1.29, 1.82) is 0 Å². The van der Waals surface area contributed by atoms with Gasteiger partial charge in [-0.2, -0.15) is 0 Å². The minimum Gasteiger partial charge on any atom is -0.474 e. The lowest BCUT2D eigenvalue weighted by molar-refractivity contribution is -0.154. The summed E-state index contributed by atoms with van der Waals surface area (Å²) >= 11 is 7.11. The molecule has 1 aromatic carbocycles. The summed E-state index contributed by atoms with van der Waals surface area (Å²) in [5, 5.41) is 3.77. The normalized spacial score (nSPS) is 16.1. The molecular weight excluding hydrogens is 480 g/mol. The van der Waals surface area contributed by atoms with Crippen molar-refractivity contribution in [3.05, 3.63) is 46.6 Å². The van der Waals surface area contributed by atoms with Crippen molar-refractivity contribution in [3.8, 4) is 5.06 Å². The lowest BCUT2D eigenvalue weighted by atomic mass is 10.0. The standard InChI is InChI=1S/C22H23ClN6O4S/c1-25-18(30)9-16-22(32)28(10-13-2-3-14-15(8-13)26-12-27-21(14)24)6-7-29(16)19(31)11-33-20-5-4-17(23)34-20/h2-5,8,12,16H,6-7,9-11H2,1H3,(H,25,30)(H2,24,26,27)/t16-/m0/s1. The number of ether oxygens (including phenoxy) is 1. The first-order chi connectivity index (χ1) is 16.4. The summed E-state index contributed by atoms with van der Waals surface area (Å²) in [6.45, 7) is 0.669. The Hall–Kier alpha value is -3.44. The average Bonchev–Trinajstić information content (AvgIpc) is 3.25. The molecule has 34 heavy (non-hydrogen) atoms. The van der Waals surface area contributed by atoms with E-state index in [4.69, 9.17) is 22.1 Å². The monoisotopic (exact) mass is 502 g/mol. The Bertz CT molecular complexity index is 1240. The van der Waals surface area contributed by atoms with Gasteiger partial charge in [0, 0.05) is 32.1 Å². The molecule has 178 valence electrons. The van der Waals surface area contributed by atoms with Crippen molar-refractivity contribution >= 4 is 57.4 Å². The Balaban J connectivity index is 1.48. The molecule has 2 aromatic heterocycles. The number of thiophene rings is 1. The highest BCUT2D eigenvalue weighted by molar-refractivity contribution is 7.17. The molecule has 0 spiro atoms. The Morgan fingerprint density at radius 2 is 2.09 bits per heavy atom. The minimum atomic E-state index is -0.921. The third-order valence-electron chi connectivity index (χ3n) is 5.55. The maximum absolute atomic E-state index is 13.3. The van der Waals surface area contributed by atoms with Crippen LogP contribution in [0, 0.1) is 0 Å². The van der Waals surface area contributed by atoms with Crippen molar-refractivity contribution in [3.63, 3.8) is 0 Å². The second-order valence-electron chi connectivity index (χ2n) is 7.70. The van der Waals surface area contributed by atoms with Gasteiger partial charge in [-0.3, -0.25) is 14.4 Å². The summed E-state index contributed by atoms with van der Waals surface area (Å²) in [6.07, 6.45) is 1.26. The van der Waals surface area contributed by atoms with Crippen LogP contribution in [0.4, 0.5) is 5.82 Å². The number of amides is 3. The number of halogens is 1. The summed E-state index contributed by atoms with van der Waals surface area (Å²) in [5.74, 6) is -0.617. The second-order valence-corrected chi connectivity index (χ2v) is 9.38. The van der Waals surface area contributed by atoms with E-state index in [1.165, 1.54) is 29.6 Å². The molecule has 10 nitrogen and oxygen atoms in total. The number of nitrogen functional groups attached to an aromatic ring is 1. The van der Waals surface area contributed by atoms with Crippen LogP contribution in [0.3, 0.4) is 0 Å². The molecule has 3 amide bonds. The van der Waals surface area contributed by atoms with Crippen LogP contribution in [-0.2, 0) is 20.9 Å². The van der Waals surface area contributed by atoms with Crippen molar-refractivity contribution in [1.82, 2.24) is 25.1 Å². The van der Waals surface area contributed by atoms with Crippen molar-refractivity contribution in [2.45, 2.75) is 19.0 Å². The Morgan fingerprint density at radius 1 is 1.26 bits per heavy atom. The molecule has 3 aromatic rings. The predicted octanol–water partition coefficient (Wildman–Crippen LogP) is 1.68. The van der Waals surface area contributed by atoms with E-state index in [-0.39, 0.29) is 37.3 Å². The molecule has 1 aliphatic rings. The number of hydrogen-bond donors (Lipinski definition) is 2. The second kappa shape index (κ2) is 10.2. The molecule has 1 fully saturated rings. The number of carbonyl (C=O) groups excluding carboxylic acids is 3. The number of rotatable bonds is 7. The SMILES string of the molecule is CNC(=O)C[C@H]1C(=O)N(Cc2ccc3c(N)ncnc3c2)CCN1C(=O)COc1ccc(Cl)s1. The smallest absolute Gasteiger partial charge is 0.261 e. The Morgan fingerprint density at radius 3 is 2.82 bits per heavy atom. The van der Waals surface area contributed by atoms with E-state index in [1.54, 1.807) is 17.0 Å². The molecule has 1 aliphatic heterocycles. The number of carbonyl (C=O) groups is 3. The summed E-state index contributed by atoms with van der Waals surface area (Å²) in [5.41, 5.74) is 7.43. The molecule has 0 aliphatic carbocycles. The zero-order chi connectivity index (χ0) is 24.2. The van der Waals surface area contributed by atoms with Crippen LogP contribution in [0.15, 0.2) is 36.7 Å². The lowest BCUT2D eigenvalue weighted by Gasteiger charge is -2.40. The number of nitrogens with two attached hydrogens (primary N) is 1. The molecule has 0 radical (unpaired) electrons. The minimum absolute atomic E-state index is 0.135. The van der Waals surface area contributed by atoms with Gasteiger partial charge in [-0.05, 0) is 29.8 Å². The number of nitrogens with one attached hydrogen (secondary N) is 1. The predicted molar refractivity (Wildman–Crippen MR) is 128 cm³/mol. The molecule has 0 bridgehead atoms. The summed E-state index contributed by atoms with van der Waals surface area (Å²) in [4.78, 5) is 49.6. The van der Waals surface area contributed by atoms with Gasteiger partial charge in [-0.15, -0.1) is 0 Å². The van der Waals surface area contributed by atoms with Crippen molar-refractivity contribution in [2.24, 2.45) is 0 Å². The highest BCUT2D eigenvalue weighted by Gasteiger charge is 2.38. The van der Waals surface area contributed by atoms with Gasteiger partial charge in [-0.25, -0.2) is 9.97 Å². The van der Waals surface area contributed by atoms with Gasteiger partial charge in [0.1, 0.15) is 18.2 Å². The molecule has 3 N–H and O–H groups in total. The molecular formula is C22H23ClN6O4S. The highest BCUT2D eigenvalue weighted by Crippen LogP contribution is 2.28. The molecule has 1 saturated heterocycles. The van der Waals surface area contributed by atoms with Gasteiger partial charge in [0.2, 0.25) is 11.8 Å². The van der Waals surface area contributed by atoms with Crippen LogP contribution >= 0.6 is 22.9 Å². The zero-order valence-electron chi connectivity index (χ0n) is 18.4. The molecule has 0 unspecified atom stereocenters. The fraction of sp³-hybridized carbons (Fsp3) is 0.318. The Labute approximate surface area is 204 Å². The number of benzene rings is 1. The number of fused-ring (bicyclic) bond motifs is 1. The summed E-state index contributed by atoms with van der Waals surface area (Å²) < 4.78 is 6.07. The average molecular weight is 503 g/mol. The third-order valence-corrected chi connectivity index (χ3v) is 6.70. The van der Waals surface area contributed by atoms with E-state index in [0.29, 0.717) is 33.8 Å². The van der Waals surface area contributed by atoms with E-state index >= 15 is 0 Å². The van der Waals surface area contributed by atoms with Crippen molar-refractivity contribution < 1.29 is 19.1 Å². The summed E-state index contributed by atoms with van der Waals surface area (Å²) in [7, 11) is 1.49. The lowest BCUT2D eigenvalue weighted by Crippen LogP contribution is -2.60. The van der Waals surface area contributed by atoms with Crippen LogP contribution in [0.2, 0.25) is 4.34 Å². The van der Waals surface area contributed by atoms with Crippen LogP contribution < -0.4 is 15.8 Å². The van der Waals surface area contributed by atoms with Crippen LogP contribution in [-0.4, -0.2) is 70.3 Å². The largest absolute Gasteiger partial charge is 0.474 e. The summed E-state index contributed by atoms with van der Waals surface area (Å²) in [6, 6.07) is 7.96. The number of aromatic nitrogens is 2. The topological polar surface area (TPSA) is 131 Å². The van der Waals surface area contributed by atoms with Gasteiger partial charge >= 0.3 is 0 Å². The van der Waals surface area contributed by atoms with Gasteiger partial charge in [0.05, 0.1) is 16.3 Å². The number of nitrogens with zero attached hydrogens (tertiary/aromatic N) is 4. The fourth-order valence-corrected chi connectivity index (χ4v) is 4.68. The number of anilines is 1. The van der Waals surface area contributed by atoms with E-state index in [2.05, 4.69) is 15.3 Å². The highest BCUT2D eigenvalue weighted by atomic mass is 35.5. The molecule has 1 atom stereocenters. The molecule has 4 rings (SSSR count). The molecule has 3 heterocycles. The number of piperazine rings is 1. The number of hydrogen-bond acceptors (Lipinski definition) is 8.